The molecule has 19 heavy (non-hydrogen) atoms. The van der Waals surface area contributed by atoms with Gasteiger partial charge in [-0.15, -0.1) is 0 Å². The number of rotatable bonds is 3. The van der Waals surface area contributed by atoms with Crippen LogP contribution in [0.5, 0.6) is 0 Å². The first-order chi connectivity index (χ1) is 9.19. The van der Waals surface area contributed by atoms with Crippen molar-refractivity contribution in [2.45, 2.75) is 75.5 Å². The second-order valence-corrected chi connectivity index (χ2v) is 6.52. The monoisotopic (exact) mass is 267 g/mol. The number of likely N-dealkylation sites (tertiary alicyclic amines) is 1. The Morgan fingerprint density at radius 2 is 2.11 bits per heavy atom. The van der Waals surface area contributed by atoms with E-state index in [9.17, 15) is 4.79 Å². The molecule has 4 nitrogen and oxygen atoms in total. The van der Waals surface area contributed by atoms with Gasteiger partial charge in [0, 0.05) is 18.7 Å². The zero-order valence-corrected chi connectivity index (χ0v) is 11.6. The van der Waals surface area contributed by atoms with E-state index >= 15 is 0 Å². The first kappa shape index (κ1) is 13.4. The first-order valence-electron chi connectivity index (χ1n) is 7.80. The smallest absolute Gasteiger partial charge is 0.304 e. The minimum absolute atomic E-state index is 0.161. The number of ether oxygens (including phenoxy) is 1. The van der Waals surface area contributed by atoms with E-state index in [0.29, 0.717) is 12.5 Å². The van der Waals surface area contributed by atoms with Crippen LogP contribution in [0.4, 0.5) is 0 Å². The van der Waals surface area contributed by atoms with Crippen LogP contribution in [0.1, 0.15) is 57.8 Å². The molecule has 3 fully saturated rings. The van der Waals surface area contributed by atoms with Crippen LogP contribution in [-0.2, 0) is 9.53 Å². The molecule has 1 aliphatic carbocycles. The minimum Gasteiger partial charge on any atom is -0.481 e. The largest absolute Gasteiger partial charge is 0.481 e. The normalized spacial score (nSPS) is 34.9. The molecule has 0 aromatic carbocycles. The van der Waals surface area contributed by atoms with Gasteiger partial charge < -0.3 is 9.84 Å². The van der Waals surface area contributed by atoms with Crippen molar-refractivity contribution in [3.05, 3.63) is 0 Å². The molecular formula is C15H25NO3. The van der Waals surface area contributed by atoms with Gasteiger partial charge >= 0.3 is 5.97 Å². The average Bonchev–Trinajstić information content (AvgIpc) is 2.37. The molecule has 2 unspecified atom stereocenters. The van der Waals surface area contributed by atoms with Crippen molar-refractivity contribution in [2.24, 2.45) is 0 Å². The molecule has 0 aromatic rings. The standard InChI is InChI=1S/C15H25NO3/c17-14(18)10-12-4-1-2-8-16(12)13-5-9-19-15(11-13)6-3-7-15/h12-13H,1-11H2,(H,17,18). The van der Waals surface area contributed by atoms with E-state index in [-0.39, 0.29) is 11.6 Å². The van der Waals surface area contributed by atoms with Crippen molar-refractivity contribution in [1.29, 1.82) is 0 Å². The number of carboxylic acid groups (broad SMARTS) is 1. The highest BCUT2D eigenvalue weighted by Crippen LogP contribution is 2.44. The summed E-state index contributed by atoms with van der Waals surface area (Å²) in [7, 11) is 0. The third-order valence-electron chi connectivity index (χ3n) is 5.28. The van der Waals surface area contributed by atoms with E-state index < -0.39 is 5.97 Å². The molecule has 2 saturated heterocycles. The Balaban J connectivity index is 1.66. The van der Waals surface area contributed by atoms with Gasteiger partial charge in [-0.05, 0) is 51.5 Å². The summed E-state index contributed by atoms with van der Waals surface area (Å²) in [6.45, 7) is 1.94. The van der Waals surface area contributed by atoms with Gasteiger partial charge in [-0.3, -0.25) is 9.69 Å². The molecule has 2 aliphatic heterocycles. The summed E-state index contributed by atoms with van der Waals surface area (Å²) >= 11 is 0. The predicted octanol–water partition coefficient (Wildman–Crippen LogP) is 2.42. The number of nitrogens with zero attached hydrogens (tertiary/aromatic N) is 1. The lowest BCUT2D eigenvalue weighted by molar-refractivity contribution is -0.156. The van der Waals surface area contributed by atoms with Crippen molar-refractivity contribution in [3.63, 3.8) is 0 Å². The van der Waals surface area contributed by atoms with Crippen LogP contribution >= 0.6 is 0 Å². The van der Waals surface area contributed by atoms with E-state index in [1.54, 1.807) is 0 Å². The van der Waals surface area contributed by atoms with Gasteiger partial charge in [0.05, 0.1) is 12.0 Å². The number of piperidine rings is 1. The molecular weight excluding hydrogens is 242 g/mol. The summed E-state index contributed by atoms with van der Waals surface area (Å²) in [4.78, 5) is 13.5. The highest BCUT2D eigenvalue weighted by molar-refractivity contribution is 5.67. The van der Waals surface area contributed by atoms with E-state index in [1.165, 1.54) is 32.1 Å². The van der Waals surface area contributed by atoms with Crippen LogP contribution in [0.25, 0.3) is 0 Å². The summed E-state index contributed by atoms with van der Waals surface area (Å²) in [5.41, 5.74) is 0.161. The van der Waals surface area contributed by atoms with E-state index in [4.69, 9.17) is 9.84 Å². The average molecular weight is 267 g/mol. The van der Waals surface area contributed by atoms with Gasteiger partial charge in [-0.1, -0.05) is 6.42 Å². The second kappa shape index (κ2) is 5.41. The Morgan fingerprint density at radius 3 is 2.79 bits per heavy atom. The lowest BCUT2D eigenvalue weighted by Gasteiger charge is -2.51. The van der Waals surface area contributed by atoms with Gasteiger partial charge in [0.15, 0.2) is 0 Å². The molecule has 2 atom stereocenters. The summed E-state index contributed by atoms with van der Waals surface area (Å²) < 4.78 is 6.00. The number of hydrogen-bond donors (Lipinski definition) is 1. The lowest BCUT2D eigenvalue weighted by Crippen LogP contribution is -2.55. The minimum atomic E-state index is -0.651. The first-order valence-corrected chi connectivity index (χ1v) is 7.80. The van der Waals surface area contributed by atoms with Crippen LogP contribution in [-0.4, -0.2) is 46.8 Å². The number of carboxylic acids is 1. The lowest BCUT2D eigenvalue weighted by atomic mass is 9.73. The molecule has 2 heterocycles. The quantitative estimate of drug-likeness (QED) is 0.853. The number of carbonyl (C=O) groups is 1. The fraction of sp³-hybridized carbons (Fsp3) is 0.933. The molecule has 4 heteroatoms. The molecule has 0 amide bonds. The van der Waals surface area contributed by atoms with Crippen LogP contribution in [0.3, 0.4) is 0 Å². The molecule has 3 rings (SSSR count). The highest BCUT2D eigenvalue weighted by atomic mass is 16.5. The summed E-state index contributed by atoms with van der Waals surface area (Å²) in [6, 6.07) is 0.810. The third-order valence-corrected chi connectivity index (χ3v) is 5.28. The maximum Gasteiger partial charge on any atom is 0.304 e. The van der Waals surface area contributed by atoms with Gasteiger partial charge in [0.25, 0.3) is 0 Å². The zero-order valence-electron chi connectivity index (χ0n) is 11.6. The summed E-state index contributed by atoms with van der Waals surface area (Å²) in [6.07, 6.45) is 9.69. The van der Waals surface area contributed by atoms with Gasteiger partial charge in [0.1, 0.15) is 0 Å². The van der Waals surface area contributed by atoms with Crippen molar-refractivity contribution < 1.29 is 14.6 Å². The maximum absolute atomic E-state index is 11.0. The Kier molecular flexibility index (Phi) is 3.81. The Bertz CT molecular complexity index is 340. The van der Waals surface area contributed by atoms with Gasteiger partial charge in [0.2, 0.25) is 0 Å². The van der Waals surface area contributed by atoms with Crippen molar-refractivity contribution >= 4 is 5.97 Å². The Hall–Kier alpha value is -0.610. The van der Waals surface area contributed by atoms with Crippen LogP contribution in [0, 0.1) is 0 Å². The summed E-state index contributed by atoms with van der Waals surface area (Å²) in [5, 5.41) is 9.09. The zero-order chi connectivity index (χ0) is 13.3. The van der Waals surface area contributed by atoms with E-state index in [1.807, 2.05) is 0 Å². The molecule has 108 valence electrons. The summed E-state index contributed by atoms with van der Waals surface area (Å²) in [5.74, 6) is -0.651. The predicted molar refractivity (Wildman–Crippen MR) is 72.2 cm³/mol. The van der Waals surface area contributed by atoms with Crippen LogP contribution in [0.2, 0.25) is 0 Å². The molecule has 0 aromatic heterocycles. The van der Waals surface area contributed by atoms with Gasteiger partial charge in [-0.25, -0.2) is 0 Å². The maximum atomic E-state index is 11.0. The molecule has 1 saturated carbocycles. The molecule has 0 bridgehead atoms. The van der Waals surface area contributed by atoms with E-state index in [0.717, 1.165) is 32.4 Å². The Labute approximate surface area is 115 Å². The van der Waals surface area contributed by atoms with Crippen LogP contribution in [0.15, 0.2) is 0 Å². The third kappa shape index (κ3) is 2.79. The SMILES string of the molecule is O=C(O)CC1CCCCN1C1CCOC2(CCC2)C1. The second-order valence-electron chi connectivity index (χ2n) is 6.52. The molecule has 1 spiro atoms. The van der Waals surface area contributed by atoms with Crippen molar-refractivity contribution in [2.75, 3.05) is 13.2 Å². The fourth-order valence-electron chi connectivity index (χ4n) is 4.13. The van der Waals surface area contributed by atoms with Crippen molar-refractivity contribution in [1.82, 2.24) is 4.90 Å². The number of hydrogen-bond acceptors (Lipinski definition) is 3. The van der Waals surface area contributed by atoms with E-state index in [2.05, 4.69) is 4.90 Å². The topological polar surface area (TPSA) is 49.8 Å². The number of aliphatic carboxylic acids is 1. The highest BCUT2D eigenvalue weighted by Gasteiger charge is 2.45. The molecule has 3 aliphatic rings. The van der Waals surface area contributed by atoms with Crippen molar-refractivity contribution in [3.8, 4) is 0 Å². The van der Waals surface area contributed by atoms with Crippen LogP contribution < -0.4 is 0 Å². The van der Waals surface area contributed by atoms with Gasteiger partial charge in [-0.2, -0.15) is 0 Å². The molecule has 0 radical (unpaired) electrons. The molecule has 1 N–H and O–H groups in total. The fourth-order valence-corrected chi connectivity index (χ4v) is 4.13. The Morgan fingerprint density at radius 1 is 1.26 bits per heavy atom.